The van der Waals surface area contributed by atoms with E-state index < -0.39 is 0 Å². The van der Waals surface area contributed by atoms with E-state index in [2.05, 4.69) is 48.3 Å². The molecule has 1 N–H and O–H groups in total. The molecule has 0 bridgehead atoms. The van der Waals surface area contributed by atoms with Gasteiger partial charge in [0.1, 0.15) is 5.75 Å². The maximum absolute atomic E-state index is 5.25. The molecule has 1 aliphatic heterocycles. The average Bonchev–Trinajstić information content (AvgIpc) is 2.46. The van der Waals surface area contributed by atoms with Crippen molar-refractivity contribution in [2.45, 2.75) is 26.3 Å². The van der Waals surface area contributed by atoms with Crippen molar-refractivity contribution in [2.24, 2.45) is 5.92 Å². The SMILES string of the molecule is COc1ccc([C@H](CC(C)C)N2CCNCC2)cc1.Cl.Cl. The topological polar surface area (TPSA) is 24.5 Å². The number of rotatable bonds is 5. The number of nitrogens with one attached hydrogen (secondary N) is 1. The fraction of sp³-hybridized carbons (Fsp3) is 0.625. The molecule has 1 heterocycles. The number of halogens is 2. The molecule has 0 spiro atoms. The lowest BCUT2D eigenvalue weighted by Crippen LogP contribution is -2.45. The van der Waals surface area contributed by atoms with E-state index in [1.54, 1.807) is 7.11 Å². The Morgan fingerprint density at radius 2 is 1.67 bits per heavy atom. The average molecular weight is 335 g/mol. The van der Waals surface area contributed by atoms with E-state index in [0.717, 1.165) is 31.9 Å². The van der Waals surface area contributed by atoms with Crippen molar-refractivity contribution in [3.8, 4) is 5.75 Å². The summed E-state index contributed by atoms with van der Waals surface area (Å²) in [6.45, 7) is 9.10. The van der Waals surface area contributed by atoms with Gasteiger partial charge in [-0.3, -0.25) is 4.90 Å². The Hall–Kier alpha value is -0.480. The van der Waals surface area contributed by atoms with Crippen LogP contribution in [0.1, 0.15) is 31.9 Å². The highest BCUT2D eigenvalue weighted by Gasteiger charge is 2.22. The number of hydrogen-bond acceptors (Lipinski definition) is 3. The van der Waals surface area contributed by atoms with Crippen LogP contribution >= 0.6 is 24.8 Å². The first-order valence-electron chi connectivity index (χ1n) is 7.29. The number of benzene rings is 1. The van der Waals surface area contributed by atoms with Crippen LogP contribution < -0.4 is 10.1 Å². The van der Waals surface area contributed by atoms with Crippen LogP contribution in [0.2, 0.25) is 0 Å². The number of hydrogen-bond donors (Lipinski definition) is 1. The van der Waals surface area contributed by atoms with E-state index in [0.29, 0.717) is 12.0 Å². The Balaban J connectivity index is 0.00000200. The lowest BCUT2D eigenvalue weighted by atomic mass is 9.95. The van der Waals surface area contributed by atoms with Gasteiger partial charge in [-0.15, -0.1) is 24.8 Å². The Kier molecular flexibility index (Phi) is 10.0. The summed E-state index contributed by atoms with van der Waals surface area (Å²) in [7, 11) is 1.72. The predicted octanol–water partition coefficient (Wildman–Crippen LogP) is 3.53. The monoisotopic (exact) mass is 334 g/mol. The summed E-state index contributed by atoms with van der Waals surface area (Å²) >= 11 is 0. The molecule has 0 unspecified atom stereocenters. The molecule has 1 aromatic rings. The minimum Gasteiger partial charge on any atom is -0.497 e. The second-order valence-corrected chi connectivity index (χ2v) is 5.70. The first kappa shape index (κ1) is 20.5. The fourth-order valence-corrected chi connectivity index (χ4v) is 2.76. The molecule has 3 nitrogen and oxygen atoms in total. The van der Waals surface area contributed by atoms with E-state index in [1.165, 1.54) is 12.0 Å². The molecule has 1 atom stereocenters. The van der Waals surface area contributed by atoms with Crippen LogP contribution in [-0.4, -0.2) is 38.2 Å². The largest absolute Gasteiger partial charge is 0.497 e. The van der Waals surface area contributed by atoms with Gasteiger partial charge in [0.05, 0.1) is 7.11 Å². The van der Waals surface area contributed by atoms with Crippen molar-refractivity contribution in [3.63, 3.8) is 0 Å². The molecule has 0 amide bonds. The number of piperazine rings is 1. The Labute approximate surface area is 141 Å². The van der Waals surface area contributed by atoms with Gasteiger partial charge in [-0.2, -0.15) is 0 Å². The van der Waals surface area contributed by atoms with Crippen molar-refractivity contribution < 1.29 is 4.74 Å². The smallest absolute Gasteiger partial charge is 0.118 e. The summed E-state index contributed by atoms with van der Waals surface area (Å²) in [5.74, 6) is 1.65. The lowest BCUT2D eigenvalue weighted by Gasteiger charge is -2.36. The first-order chi connectivity index (χ1) is 9.20. The van der Waals surface area contributed by atoms with Gasteiger partial charge in [-0.1, -0.05) is 26.0 Å². The van der Waals surface area contributed by atoms with Gasteiger partial charge >= 0.3 is 0 Å². The van der Waals surface area contributed by atoms with Crippen LogP contribution in [0.3, 0.4) is 0 Å². The zero-order chi connectivity index (χ0) is 13.7. The summed E-state index contributed by atoms with van der Waals surface area (Å²) < 4.78 is 5.25. The highest BCUT2D eigenvalue weighted by Crippen LogP contribution is 2.29. The third kappa shape index (κ3) is 6.03. The summed E-state index contributed by atoms with van der Waals surface area (Å²) in [6, 6.07) is 9.12. The third-order valence-electron chi connectivity index (χ3n) is 3.79. The van der Waals surface area contributed by atoms with E-state index in [-0.39, 0.29) is 24.8 Å². The second-order valence-electron chi connectivity index (χ2n) is 5.70. The Morgan fingerprint density at radius 1 is 1.10 bits per heavy atom. The van der Waals surface area contributed by atoms with Gasteiger partial charge in [-0.05, 0) is 30.0 Å². The molecule has 0 aromatic heterocycles. The van der Waals surface area contributed by atoms with Gasteiger partial charge < -0.3 is 10.1 Å². The van der Waals surface area contributed by atoms with Crippen molar-refractivity contribution in [1.82, 2.24) is 10.2 Å². The van der Waals surface area contributed by atoms with Crippen LogP contribution in [0.5, 0.6) is 5.75 Å². The number of methoxy groups -OCH3 is 1. The van der Waals surface area contributed by atoms with Gasteiger partial charge in [0, 0.05) is 32.2 Å². The standard InChI is InChI=1S/C16H26N2O.2ClH/c1-13(2)12-16(18-10-8-17-9-11-18)14-4-6-15(19-3)7-5-14;;/h4-7,13,16-17H,8-12H2,1-3H3;2*1H/t16-;;/m0../s1. The van der Waals surface area contributed by atoms with Crippen molar-refractivity contribution >= 4 is 24.8 Å². The van der Waals surface area contributed by atoms with Gasteiger partial charge in [0.15, 0.2) is 0 Å². The molecule has 122 valence electrons. The van der Waals surface area contributed by atoms with Crippen molar-refractivity contribution in [2.75, 3.05) is 33.3 Å². The molecule has 21 heavy (non-hydrogen) atoms. The molecular weight excluding hydrogens is 307 g/mol. The number of ether oxygens (including phenoxy) is 1. The third-order valence-corrected chi connectivity index (χ3v) is 3.79. The van der Waals surface area contributed by atoms with Crippen LogP contribution in [0.4, 0.5) is 0 Å². The molecule has 0 radical (unpaired) electrons. The number of nitrogens with zero attached hydrogens (tertiary/aromatic N) is 1. The second kappa shape index (κ2) is 10.3. The molecule has 1 fully saturated rings. The van der Waals surface area contributed by atoms with Crippen LogP contribution in [0.25, 0.3) is 0 Å². The molecule has 1 saturated heterocycles. The molecule has 0 saturated carbocycles. The van der Waals surface area contributed by atoms with Crippen LogP contribution in [0.15, 0.2) is 24.3 Å². The summed E-state index contributed by atoms with van der Waals surface area (Å²) in [5, 5.41) is 3.43. The molecule has 2 rings (SSSR count). The molecule has 1 aromatic carbocycles. The van der Waals surface area contributed by atoms with Gasteiger partial charge in [-0.25, -0.2) is 0 Å². The maximum atomic E-state index is 5.25. The quantitative estimate of drug-likeness (QED) is 0.891. The summed E-state index contributed by atoms with van der Waals surface area (Å²) in [4.78, 5) is 2.61. The normalized spacial score (nSPS) is 16.8. The maximum Gasteiger partial charge on any atom is 0.118 e. The minimum absolute atomic E-state index is 0. The van der Waals surface area contributed by atoms with E-state index in [9.17, 15) is 0 Å². The zero-order valence-corrected chi connectivity index (χ0v) is 14.8. The van der Waals surface area contributed by atoms with E-state index in [1.807, 2.05) is 0 Å². The molecular formula is C16H28Cl2N2O. The lowest BCUT2D eigenvalue weighted by molar-refractivity contribution is 0.154. The highest BCUT2D eigenvalue weighted by molar-refractivity contribution is 5.85. The zero-order valence-electron chi connectivity index (χ0n) is 13.2. The highest BCUT2D eigenvalue weighted by atomic mass is 35.5. The van der Waals surface area contributed by atoms with Crippen LogP contribution in [-0.2, 0) is 0 Å². The van der Waals surface area contributed by atoms with Crippen LogP contribution in [0, 0.1) is 5.92 Å². The fourth-order valence-electron chi connectivity index (χ4n) is 2.76. The van der Waals surface area contributed by atoms with Gasteiger partial charge in [0.2, 0.25) is 0 Å². The first-order valence-corrected chi connectivity index (χ1v) is 7.29. The molecule has 1 aliphatic rings. The van der Waals surface area contributed by atoms with E-state index in [4.69, 9.17) is 4.74 Å². The summed E-state index contributed by atoms with van der Waals surface area (Å²) in [5.41, 5.74) is 1.41. The van der Waals surface area contributed by atoms with Gasteiger partial charge in [0.25, 0.3) is 0 Å². The minimum atomic E-state index is 0. The van der Waals surface area contributed by atoms with Crippen molar-refractivity contribution in [1.29, 1.82) is 0 Å². The van der Waals surface area contributed by atoms with Crippen molar-refractivity contribution in [3.05, 3.63) is 29.8 Å². The Morgan fingerprint density at radius 3 is 2.14 bits per heavy atom. The van der Waals surface area contributed by atoms with E-state index >= 15 is 0 Å². The summed E-state index contributed by atoms with van der Waals surface area (Å²) in [6.07, 6.45) is 1.21. The molecule has 0 aliphatic carbocycles. The predicted molar refractivity (Wildman–Crippen MR) is 94.1 cm³/mol. The molecule has 5 heteroatoms. The Bertz CT molecular complexity index is 378.